The normalized spacial score (nSPS) is 12.9. The first kappa shape index (κ1) is 12.2. The monoisotopic (exact) mass is 210 g/mol. The molecular weight excluding hydrogens is 188 g/mol. The van der Waals surface area contributed by atoms with E-state index in [2.05, 4.69) is 34.3 Å². The third-order valence-corrected chi connectivity index (χ3v) is 2.57. The van der Waals surface area contributed by atoms with Gasteiger partial charge in [0.1, 0.15) is 12.2 Å². The number of nitrogens with zero attached hydrogens (tertiary/aromatic N) is 2. The average Bonchev–Trinajstić information content (AvgIpc) is 2.74. The summed E-state index contributed by atoms with van der Waals surface area (Å²) in [6, 6.07) is 0.562. The molecule has 1 rings (SSSR count). The molecule has 0 aliphatic carbocycles. The van der Waals surface area contributed by atoms with E-state index in [1.807, 2.05) is 0 Å². The molecule has 0 amide bonds. The number of nitrogens with one attached hydrogen (secondary N) is 2. The number of unbranched alkanes of at least 4 members (excludes halogenated alkanes) is 3. The molecule has 1 unspecified atom stereocenters. The minimum absolute atomic E-state index is 0.562. The fourth-order valence-electron chi connectivity index (χ4n) is 1.57. The Kier molecular flexibility index (Phi) is 6.00. The molecule has 15 heavy (non-hydrogen) atoms. The molecule has 0 bridgehead atoms. The van der Waals surface area contributed by atoms with Crippen molar-refractivity contribution in [2.24, 2.45) is 0 Å². The molecule has 4 heteroatoms. The molecule has 2 N–H and O–H groups in total. The standard InChI is InChI=1S/C11H22N4/c1-3-4-5-6-7-10(2)12-8-11-13-9-14-15-11/h9-10,12H,3-8H2,1-2H3,(H,13,14,15). The highest BCUT2D eigenvalue weighted by atomic mass is 15.2. The van der Waals surface area contributed by atoms with Gasteiger partial charge in [-0.15, -0.1) is 0 Å². The lowest BCUT2D eigenvalue weighted by molar-refractivity contribution is 0.476. The van der Waals surface area contributed by atoms with E-state index in [1.165, 1.54) is 32.1 Å². The molecule has 0 saturated carbocycles. The van der Waals surface area contributed by atoms with Crippen molar-refractivity contribution < 1.29 is 0 Å². The minimum Gasteiger partial charge on any atom is -0.307 e. The maximum Gasteiger partial charge on any atom is 0.138 e. The van der Waals surface area contributed by atoms with Crippen molar-refractivity contribution in [3.63, 3.8) is 0 Å². The molecule has 1 aromatic rings. The molecule has 0 aliphatic rings. The van der Waals surface area contributed by atoms with Crippen LogP contribution in [0, 0.1) is 0 Å². The van der Waals surface area contributed by atoms with Gasteiger partial charge in [-0.1, -0.05) is 32.6 Å². The summed E-state index contributed by atoms with van der Waals surface area (Å²) in [6.07, 6.45) is 8.12. The number of rotatable bonds is 8. The van der Waals surface area contributed by atoms with Gasteiger partial charge in [-0.25, -0.2) is 4.98 Å². The van der Waals surface area contributed by atoms with Crippen LogP contribution in [0.4, 0.5) is 0 Å². The molecule has 1 aromatic heterocycles. The number of hydrogen-bond acceptors (Lipinski definition) is 3. The summed E-state index contributed by atoms with van der Waals surface area (Å²) in [6.45, 7) is 5.25. The first-order valence-corrected chi connectivity index (χ1v) is 5.90. The van der Waals surface area contributed by atoms with Gasteiger partial charge in [0, 0.05) is 6.04 Å². The predicted octanol–water partition coefficient (Wildman–Crippen LogP) is 2.25. The van der Waals surface area contributed by atoms with Crippen LogP contribution in [0.3, 0.4) is 0 Å². The maximum atomic E-state index is 4.07. The van der Waals surface area contributed by atoms with Crippen LogP contribution >= 0.6 is 0 Å². The maximum absolute atomic E-state index is 4.07. The van der Waals surface area contributed by atoms with E-state index in [0.29, 0.717) is 6.04 Å². The van der Waals surface area contributed by atoms with Gasteiger partial charge >= 0.3 is 0 Å². The molecular formula is C11H22N4. The molecule has 0 aromatic carbocycles. The lowest BCUT2D eigenvalue weighted by Gasteiger charge is -2.12. The minimum atomic E-state index is 0.562. The first-order chi connectivity index (χ1) is 7.33. The van der Waals surface area contributed by atoms with Gasteiger partial charge in [-0.3, -0.25) is 5.10 Å². The van der Waals surface area contributed by atoms with Crippen LogP contribution < -0.4 is 5.32 Å². The van der Waals surface area contributed by atoms with Crippen LogP contribution in [0.1, 0.15) is 51.8 Å². The van der Waals surface area contributed by atoms with Gasteiger partial charge in [-0.05, 0) is 13.3 Å². The Morgan fingerprint density at radius 1 is 1.40 bits per heavy atom. The van der Waals surface area contributed by atoms with Crippen molar-refractivity contribution in [3.8, 4) is 0 Å². The molecule has 0 spiro atoms. The van der Waals surface area contributed by atoms with Crippen molar-refractivity contribution in [2.75, 3.05) is 0 Å². The summed E-state index contributed by atoms with van der Waals surface area (Å²) in [5.74, 6) is 0.912. The van der Waals surface area contributed by atoms with E-state index in [1.54, 1.807) is 6.33 Å². The highest BCUT2D eigenvalue weighted by Gasteiger charge is 2.02. The summed E-state index contributed by atoms with van der Waals surface area (Å²) in [5.41, 5.74) is 0. The van der Waals surface area contributed by atoms with Crippen LogP contribution in [0.25, 0.3) is 0 Å². The second kappa shape index (κ2) is 7.40. The van der Waals surface area contributed by atoms with Crippen LogP contribution in [-0.2, 0) is 6.54 Å². The molecule has 4 nitrogen and oxygen atoms in total. The second-order valence-electron chi connectivity index (χ2n) is 4.06. The van der Waals surface area contributed by atoms with E-state index >= 15 is 0 Å². The van der Waals surface area contributed by atoms with E-state index < -0.39 is 0 Å². The zero-order valence-electron chi connectivity index (χ0n) is 9.79. The molecule has 1 heterocycles. The van der Waals surface area contributed by atoms with E-state index in [4.69, 9.17) is 0 Å². The third kappa shape index (κ3) is 5.52. The van der Waals surface area contributed by atoms with Crippen LogP contribution in [0.15, 0.2) is 6.33 Å². The Balaban J connectivity index is 2.01. The summed E-state index contributed by atoms with van der Waals surface area (Å²) in [7, 11) is 0. The Bertz CT molecular complexity index is 233. The average molecular weight is 210 g/mol. The van der Waals surface area contributed by atoms with Crippen molar-refractivity contribution in [2.45, 2.75) is 58.5 Å². The van der Waals surface area contributed by atoms with Crippen LogP contribution in [0.2, 0.25) is 0 Å². The highest BCUT2D eigenvalue weighted by molar-refractivity contribution is 4.79. The first-order valence-electron chi connectivity index (χ1n) is 5.90. The van der Waals surface area contributed by atoms with Gasteiger partial charge in [0.25, 0.3) is 0 Å². The van der Waals surface area contributed by atoms with Crippen molar-refractivity contribution in [1.82, 2.24) is 20.5 Å². The fraction of sp³-hybridized carbons (Fsp3) is 0.818. The van der Waals surface area contributed by atoms with Crippen molar-refractivity contribution >= 4 is 0 Å². The van der Waals surface area contributed by atoms with E-state index in [0.717, 1.165) is 12.4 Å². The number of aromatic amines is 1. The van der Waals surface area contributed by atoms with Crippen molar-refractivity contribution in [1.29, 1.82) is 0 Å². The lowest BCUT2D eigenvalue weighted by atomic mass is 10.1. The highest BCUT2D eigenvalue weighted by Crippen LogP contribution is 2.05. The Labute approximate surface area is 91.9 Å². The molecule has 1 atom stereocenters. The summed E-state index contributed by atoms with van der Waals surface area (Å²) in [4.78, 5) is 4.07. The van der Waals surface area contributed by atoms with Gasteiger partial charge in [0.2, 0.25) is 0 Å². The summed E-state index contributed by atoms with van der Waals surface area (Å²) >= 11 is 0. The Morgan fingerprint density at radius 2 is 2.27 bits per heavy atom. The smallest absolute Gasteiger partial charge is 0.138 e. The summed E-state index contributed by atoms with van der Waals surface area (Å²) in [5, 5.41) is 10.1. The number of hydrogen-bond donors (Lipinski definition) is 2. The van der Waals surface area contributed by atoms with Gasteiger partial charge in [0.05, 0.1) is 6.54 Å². The van der Waals surface area contributed by atoms with Crippen molar-refractivity contribution in [3.05, 3.63) is 12.2 Å². The molecule has 0 aliphatic heterocycles. The van der Waals surface area contributed by atoms with Crippen LogP contribution in [0.5, 0.6) is 0 Å². The molecule has 0 radical (unpaired) electrons. The summed E-state index contributed by atoms with van der Waals surface area (Å²) < 4.78 is 0. The SMILES string of the molecule is CCCCCCC(C)NCc1ncn[nH]1. The van der Waals surface area contributed by atoms with Crippen LogP contribution in [-0.4, -0.2) is 21.2 Å². The van der Waals surface area contributed by atoms with E-state index in [-0.39, 0.29) is 0 Å². The Hall–Kier alpha value is -0.900. The number of aromatic nitrogens is 3. The topological polar surface area (TPSA) is 53.6 Å². The van der Waals surface area contributed by atoms with Gasteiger partial charge in [0.15, 0.2) is 0 Å². The van der Waals surface area contributed by atoms with Gasteiger partial charge in [-0.2, -0.15) is 5.10 Å². The lowest BCUT2D eigenvalue weighted by Crippen LogP contribution is -2.25. The quantitative estimate of drug-likeness (QED) is 0.647. The molecule has 0 saturated heterocycles. The fourth-order valence-corrected chi connectivity index (χ4v) is 1.57. The zero-order valence-corrected chi connectivity index (χ0v) is 9.79. The van der Waals surface area contributed by atoms with Gasteiger partial charge < -0.3 is 5.32 Å². The third-order valence-electron chi connectivity index (χ3n) is 2.57. The largest absolute Gasteiger partial charge is 0.307 e. The molecule has 0 fully saturated rings. The number of H-pyrrole nitrogens is 1. The Morgan fingerprint density at radius 3 is 2.93 bits per heavy atom. The second-order valence-corrected chi connectivity index (χ2v) is 4.06. The van der Waals surface area contributed by atoms with E-state index in [9.17, 15) is 0 Å². The molecule has 86 valence electrons. The predicted molar refractivity (Wildman–Crippen MR) is 61.4 cm³/mol. The zero-order chi connectivity index (χ0) is 10.9.